The van der Waals surface area contributed by atoms with Gasteiger partial charge >= 0.3 is 0 Å². The van der Waals surface area contributed by atoms with Crippen molar-refractivity contribution in [1.82, 2.24) is 20.3 Å². The molecule has 0 bridgehead atoms. The Labute approximate surface area is 228 Å². The molecule has 0 aromatic carbocycles. The van der Waals surface area contributed by atoms with E-state index in [9.17, 15) is 24.3 Å². The summed E-state index contributed by atoms with van der Waals surface area (Å²) in [5.74, 6) is -1.90. The van der Waals surface area contributed by atoms with Gasteiger partial charge in [-0.3, -0.25) is 29.8 Å². The molecule has 38 heavy (non-hydrogen) atoms. The van der Waals surface area contributed by atoms with E-state index < -0.39 is 30.4 Å². The first-order chi connectivity index (χ1) is 18.3. The van der Waals surface area contributed by atoms with Crippen LogP contribution in [0.3, 0.4) is 0 Å². The Kier molecular flexibility index (Phi) is 11.2. The standard InChI is InChI=1S/C21H26N8O6S3/c22-5-3-1-2-4-15(32)27-19-25-13(9-36-19)17(34)29-21-26-14(10-38-21)18(35)28-20-24-12(8-37-20)16(33)23-6-11(31)7-30/h8-11,30-31H,1-7,22H2,(H,23,33)(H,24,28,35)(H,25,27,32)(H,26,29,34)/t11-/m0/s1. The molecular weight excluding hydrogens is 556 g/mol. The predicted octanol–water partition coefficient (Wildman–Crippen LogP) is 1.10. The molecule has 0 aliphatic carbocycles. The van der Waals surface area contributed by atoms with Crippen molar-refractivity contribution in [3.63, 3.8) is 0 Å². The van der Waals surface area contributed by atoms with Gasteiger partial charge in [0.1, 0.15) is 17.1 Å². The van der Waals surface area contributed by atoms with Crippen LogP contribution in [0.4, 0.5) is 15.4 Å². The Balaban J connectivity index is 1.48. The van der Waals surface area contributed by atoms with Crippen molar-refractivity contribution in [2.45, 2.75) is 31.8 Å². The van der Waals surface area contributed by atoms with Gasteiger partial charge in [0.05, 0.1) is 12.7 Å². The highest BCUT2D eigenvalue weighted by atomic mass is 32.1. The number of anilines is 3. The third-order valence-corrected chi connectivity index (χ3v) is 6.99. The third-order valence-electron chi connectivity index (χ3n) is 4.71. The Hall–Kier alpha value is -3.35. The minimum absolute atomic E-state index is 0.0263. The van der Waals surface area contributed by atoms with Crippen LogP contribution in [0.1, 0.15) is 57.1 Å². The third kappa shape index (κ3) is 8.89. The number of aliphatic hydroxyl groups excluding tert-OH is 2. The maximum atomic E-state index is 12.5. The minimum atomic E-state index is -1.09. The maximum Gasteiger partial charge on any atom is 0.276 e. The van der Waals surface area contributed by atoms with Gasteiger partial charge in [-0.15, -0.1) is 34.0 Å². The summed E-state index contributed by atoms with van der Waals surface area (Å²) in [6.07, 6.45) is 1.70. The average molecular weight is 583 g/mol. The molecule has 8 N–H and O–H groups in total. The second-order valence-corrected chi connectivity index (χ2v) is 10.3. The fraction of sp³-hybridized carbons (Fsp3) is 0.381. The van der Waals surface area contributed by atoms with E-state index in [2.05, 4.69) is 36.2 Å². The van der Waals surface area contributed by atoms with Crippen molar-refractivity contribution < 1.29 is 29.4 Å². The van der Waals surface area contributed by atoms with E-state index in [0.717, 1.165) is 53.3 Å². The quantitative estimate of drug-likeness (QED) is 0.134. The van der Waals surface area contributed by atoms with E-state index in [1.807, 2.05) is 0 Å². The van der Waals surface area contributed by atoms with Crippen LogP contribution in [0, 0.1) is 0 Å². The number of hydrogen-bond donors (Lipinski definition) is 7. The molecule has 1 atom stereocenters. The van der Waals surface area contributed by atoms with Crippen LogP contribution in [0.5, 0.6) is 0 Å². The first kappa shape index (κ1) is 29.2. The van der Waals surface area contributed by atoms with E-state index >= 15 is 0 Å². The van der Waals surface area contributed by atoms with E-state index in [4.69, 9.17) is 10.8 Å². The molecule has 204 valence electrons. The van der Waals surface area contributed by atoms with Crippen LogP contribution in [-0.2, 0) is 4.79 Å². The Bertz CT molecular complexity index is 1260. The molecule has 0 saturated heterocycles. The van der Waals surface area contributed by atoms with Crippen LogP contribution in [0.2, 0.25) is 0 Å². The zero-order valence-corrected chi connectivity index (χ0v) is 22.4. The van der Waals surface area contributed by atoms with Gasteiger partial charge in [0.15, 0.2) is 15.4 Å². The number of amides is 4. The molecule has 0 unspecified atom stereocenters. The molecule has 0 saturated carbocycles. The van der Waals surface area contributed by atoms with Gasteiger partial charge in [0, 0.05) is 29.1 Å². The summed E-state index contributed by atoms with van der Waals surface area (Å²) in [6, 6.07) is 0. The number of carbonyl (C=O) groups is 4. The van der Waals surface area contributed by atoms with Crippen molar-refractivity contribution in [3.8, 4) is 0 Å². The second kappa shape index (κ2) is 14.6. The number of aromatic nitrogens is 3. The first-order valence-electron chi connectivity index (χ1n) is 11.3. The van der Waals surface area contributed by atoms with E-state index in [0.29, 0.717) is 18.1 Å². The van der Waals surface area contributed by atoms with Crippen LogP contribution in [0.15, 0.2) is 16.1 Å². The van der Waals surface area contributed by atoms with E-state index in [-0.39, 0.29) is 39.8 Å². The minimum Gasteiger partial charge on any atom is -0.394 e. The highest BCUT2D eigenvalue weighted by molar-refractivity contribution is 7.15. The fourth-order valence-electron chi connectivity index (χ4n) is 2.78. The molecule has 3 heterocycles. The number of nitrogens with two attached hydrogens (primary N) is 1. The maximum absolute atomic E-state index is 12.5. The summed E-state index contributed by atoms with van der Waals surface area (Å²) >= 11 is 3.17. The van der Waals surface area contributed by atoms with Gasteiger partial charge in [-0.25, -0.2) is 15.0 Å². The van der Waals surface area contributed by atoms with Crippen molar-refractivity contribution >= 4 is 73.0 Å². The molecule has 0 aliphatic heterocycles. The fourth-order valence-corrected chi connectivity index (χ4v) is 4.86. The van der Waals surface area contributed by atoms with Gasteiger partial charge < -0.3 is 26.6 Å². The molecular formula is C21H26N8O6S3. The van der Waals surface area contributed by atoms with Gasteiger partial charge in [-0.2, -0.15) is 0 Å². The van der Waals surface area contributed by atoms with Crippen molar-refractivity contribution in [2.24, 2.45) is 5.73 Å². The number of rotatable bonds is 14. The SMILES string of the molecule is NCCCCCC(=O)Nc1nc(C(=O)Nc2nc(C(=O)Nc3nc(C(=O)NC[C@H](O)CO)cs3)cs2)cs1. The highest BCUT2D eigenvalue weighted by Gasteiger charge is 2.18. The number of thiazole rings is 3. The summed E-state index contributed by atoms with van der Waals surface area (Å²) in [6.45, 7) is -0.0483. The molecule has 14 nitrogen and oxygen atoms in total. The van der Waals surface area contributed by atoms with Gasteiger partial charge in [0.25, 0.3) is 17.7 Å². The Morgan fingerprint density at radius 3 is 1.79 bits per heavy atom. The summed E-state index contributed by atoms with van der Waals surface area (Å²) in [7, 11) is 0. The average Bonchev–Trinajstić information content (AvgIpc) is 3.66. The molecule has 3 aromatic heterocycles. The second-order valence-electron chi connectivity index (χ2n) is 7.72. The van der Waals surface area contributed by atoms with Crippen LogP contribution < -0.4 is 27.0 Å². The lowest BCUT2D eigenvalue weighted by Crippen LogP contribution is -2.34. The lowest BCUT2D eigenvalue weighted by Gasteiger charge is -2.07. The molecule has 3 aromatic rings. The van der Waals surface area contributed by atoms with Crippen molar-refractivity contribution in [2.75, 3.05) is 35.6 Å². The molecule has 0 radical (unpaired) electrons. The summed E-state index contributed by atoms with van der Waals surface area (Å²) in [5, 5.41) is 33.3. The van der Waals surface area contributed by atoms with E-state index in [1.165, 1.54) is 16.1 Å². The topological polar surface area (TPSA) is 222 Å². The number of nitrogens with one attached hydrogen (secondary N) is 4. The van der Waals surface area contributed by atoms with Crippen LogP contribution in [-0.4, -0.2) is 74.6 Å². The van der Waals surface area contributed by atoms with Gasteiger partial charge in [-0.1, -0.05) is 6.42 Å². The van der Waals surface area contributed by atoms with Crippen LogP contribution in [0.25, 0.3) is 0 Å². The van der Waals surface area contributed by atoms with Gasteiger partial charge in [0.2, 0.25) is 5.91 Å². The Morgan fingerprint density at radius 2 is 1.29 bits per heavy atom. The first-order valence-corrected chi connectivity index (χ1v) is 14.0. The molecule has 0 spiro atoms. The number of unbranched alkanes of at least 4 members (excludes halogenated alkanes) is 2. The summed E-state index contributed by atoms with van der Waals surface area (Å²) < 4.78 is 0. The van der Waals surface area contributed by atoms with Crippen LogP contribution >= 0.6 is 34.0 Å². The molecule has 3 rings (SSSR count). The molecule has 4 amide bonds. The van der Waals surface area contributed by atoms with Gasteiger partial charge in [-0.05, 0) is 19.4 Å². The lowest BCUT2D eigenvalue weighted by molar-refractivity contribution is -0.116. The number of aliphatic hydroxyl groups is 2. The molecule has 0 aliphatic rings. The monoisotopic (exact) mass is 582 g/mol. The number of carbonyl (C=O) groups excluding carboxylic acids is 4. The summed E-state index contributed by atoms with van der Waals surface area (Å²) in [4.78, 5) is 61.2. The normalized spacial score (nSPS) is 11.6. The van der Waals surface area contributed by atoms with Crippen molar-refractivity contribution in [1.29, 1.82) is 0 Å². The zero-order chi connectivity index (χ0) is 27.5. The number of nitrogens with zero attached hydrogens (tertiary/aromatic N) is 3. The smallest absolute Gasteiger partial charge is 0.276 e. The molecule has 17 heteroatoms. The lowest BCUT2D eigenvalue weighted by atomic mass is 10.2. The molecule has 0 fully saturated rings. The highest BCUT2D eigenvalue weighted by Crippen LogP contribution is 2.21. The predicted molar refractivity (Wildman–Crippen MR) is 144 cm³/mol. The summed E-state index contributed by atoms with van der Waals surface area (Å²) in [5.41, 5.74) is 5.59. The van der Waals surface area contributed by atoms with Crippen molar-refractivity contribution in [3.05, 3.63) is 33.2 Å². The Morgan fingerprint density at radius 1 is 0.789 bits per heavy atom. The number of hydrogen-bond acceptors (Lipinski definition) is 13. The largest absolute Gasteiger partial charge is 0.394 e. The van der Waals surface area contributed by atoms with E-state index in [1.54, 1.807) is 0 Å². The zero-order valence-electron chi connectivity index (χ0n) is 19.9.